The summed E-state index contributed by atoms with van der Waals surface area (Å²) in [6, 6.07) is 0. The number of hydrogen-bond acceptors (Lipinski definition) is 3. The third-order valence-corrected chi connectivity index (χ3v) is 3.29. The van der Waals surface area contributed by atoms with Crippen molar-refractivity contribution in [2.24, 2.45) is 10.1 Å². The Morgan fingerprint density at radius 2 is 2.25 bits per heavy atom. The number of nitrogens with zero attached hydrogens (tertiary/aromatic N) is 2. The number of nitrogens with two attached hydrogens (primary N) is 1. The summed E-state index contributed by atoms with van der Waals surface area (Å²) in [5.74, 6) is 0. The summed E-state index contributed by atoms with van der Waals surface area (Å²) in [5, 5.41) is 0. The van der Waals surface area contributed by atoms with E-state index in [0.29, 0.717) is 6.42 Å². The highest BCUT2D eigenvalue weighted by atomic mass is 35.5. The molecule has 0 saturated carbocycles. The van der Waals surface area contributed by atoms with Crippen molar-refractivity contribution in [3.63, 3.8) is 0 Å². The third-order valence-electron chi connectivity index (χ3n) is 1.81. The molecule has 16 heavy (non-hydrogen) atoms. The summed E-state index contributed by atoms with van der Waals surface area (Å²) in [6.45, 7) is 0. The van der Waals surface area contributed by atoms with E-state index in [-0.39, 0.29) is 4.91 Å². The largest absolute Gasteiger partial charge is 0.368 e. The molecule has 0 heterocycles. The van der Waals surface area contributed by atoms with Crippen molar-refractivity contribution >= 4 is 28.0 Å². The summed E-state index contributed by atoms with van der Waals surface area (Å²) in [6.07, 6.45) is 5.98. The number of hydrogen-bond donors (Lipinski definition) is 1. The monoisotopic (exact) mass is 263 g/mol. The maximum Gasteiger partial charge on any atom is 0.283 e. The van der Waals surface area contributed by atoms with E-state index < -0.39 is 15.0 Å². The van der Waals surface area contributed by atoms with Gasteiger partial charge in [0.25, 0.3) is 10.0 Å². The molecule has 0 aromatic heterocycles. The Morgan fingerprint density at radius 3 is 2.75 bits per heavy atom. The molecule has 1 unspecified atom stereocenters. The van der Waals surface area contributed by atoms with E-state index in [1.54, 1.807) is 20.2 Å². The molecule has 0 amide bonds. The Kier molecular flexibility index (Phi) is 3.77. The van der Waals surface area contributed by atoms with E-state index in [0.717, 1.165) is 0 Å². The summed E-state index contributed by atoms with van der Waals surface area (Å²) < 4.78 is 26.9. The van der Waals surface area contributed by atoms with Crippen LogP contribution in [0.2, 0.25) is 0 Å². The van der Waals surface area contributed by atoms with Gasteiger partial charge in [0.2, 0.25) is 0 Å². The molecule has 0 aliphatic heterocycles. The SMILES string of the molecule is CN(C)C=NS(=O)(=O)C1=CC(N)(Cl)CC=C1. The van der Waals surface area contributed by atoms with E-state index in [1.165, 1.54) is 23.4 Å². The van der Waals surface area contributed by atoms with Crippen molar-refractivity contribution in [2.75, 3.05) is 14.1 Å². The van der Waals surface area contributed by atoms with Gasteiger partial charge < -0.3 is 10.6 Å². The molecule has 5 nitrogen and oxygen atoms in total. The van der Waals surface area contributed by atoms with Gasteiger partial charge in [-0.15, -0.1) is 4.40 Å². The summed E-state index contributed by atoms with van der Waals surface area (Å²) in [4.78, 5) is 0.403. The van der Waals surface area contributed by atoms with Crippen LogP contribution in [0.3, 0.4) is 0 Å². The van der Waals surface area contributed by atoms with Crippen LogP contribution >= 0.6 is 11.6 Å². The van der Waals surface area contributed by atoms with Crippen molar-refractivity contribution in [2.45, 2.75) is 11.4 Å². The molecular formula is C9H14ClN3O2S. The van der Waals surface area contributed by atoms with Crippen molar-refractivity contribution in [1.29, 1.82) is 0 Å². The van der Waals surface area contributed by atoms with Crippen LogP contribution in [0.15, 0.2) is 27.5 Å². The van der Waals surface area contributed by atoms with Crippen molar-refractivity contribution < 1.29 is 8.42 Å². The quantitative estimate of drug-likeness (QED) is 0.351. The maximum absolute atomic E-state index is 11.7. The van der Waals surface area contributed by atoms with Crippen molar-refractivity contribution in [3.05, 3.63) is 23.1 Å². The van der Waals surface area contributed by atoms with E-state index in [4.69, 9.17) is 17.3 Å². The molecule has 0 aromatic carbocycles. The van der Waals surface area contributed by atoms with Crippen molar-refractivity contribution in [3.8, 4) is 0 Å². The Hall–Kier alpha value is -0.850. The van der Waals surface area contributed by atoms with Crippen LogP contribution < -0.4 is 5.73 Å². The maximum atomic E-state index is 11.7. The number of allylic oxidation sites excluding steroid dienone is 1. The Labute approximate surface area is 100 Å². The molecule has 1 aliphatic rings. The van der Waals surface area contributed by atoms with Gasteiger partial charge in [-0.3, -0.25) is 0 Å². The Balaban J connectivity index is 3.02. The number of rotatable bonds is 3. The van der Waals surface area contributed by atoms with Gasteiger partial charge >= 0.3 is 0 Å². The van der Waals surface area contributed by atoms with E-state index in [1.807, 2.05) is 0 Å². The molecule has 90 valence electrons. The molecule has 0 bridgehead atoms. The van der Waals surface area contributed by atoms with E-state index in [2.05, 4.69) is 4.40 Å². The fraction of sp³-hybridized carbons (Fsp3) is 0.444. The Morgan fingerprint density at radius 1 is 1.62 bits per heavy atom. The first kappa shape index (κ1) is 13.2. The Bertz CT molecular complexity index is 449. The lowest BCUT2D eigenvalue weighted by Crippen LogP contribution is -2.32. The molecule has 1 rings (SSSR count). The first-order valence-electron chi connectivity index (χ1n) is 4.57. The summed E-state index contributed by atoms with van der Waals surface area (Å²) >= 11 is 5.86. The van der Waals surface area contributed by atoms with Gasteiger partial charge in [-0.1, -0.05) is 17.7 Å². The molecule has 0 radical (unpaired) electrons. The normalized spacial score (nSPS) is 25.9. The molecule has 1 atom stereocenters. The molecule has 2 N–H and O–H groups in total. The van der Waals surface area contributed by atoms with Crippen LogP contribution in [0.25, 0.3) is 0 Å². The van der Waals surface area contributed by atoms with Crippen LogP contribution in [-0.2, 0) is 10.0 Å². The van der Waals surface area contributed by atoms with Gasteiger partial charge in [0.05, 0.1) is 4.91 Å². The predicted octanol–water partition coefficient (Wildman–Crippen LogP) is 0.644. The molecule has 0 aromatic rings. The van der Waals surface area contributed by atoms with Gasteiger partial charge in [0.15, 0.2) is 0 Å². The molecule has 0 saturated heterocycles. The fourth-order valence-electron chi connectivity index (χ4n) is 1.08. The van der Waals surface area contributed by atoms with Gasteiger partial charge in [-0.2, -0.15) is 8.42 Å². The van der Waals surface area contributed by atoms with Crippen molar-refractivity contribution in [1.82, 2.24) is 4.90 Å². The van der Waals surface area contributed by atoms with Gasteiger partial charge in [-0.05, 0) is 12.2 Å². The summed E-state index contributed by atoms with van der Waals surface area (Å²) in [7, 11) is -0.353. The number of sulfonamides is 1. The molecule has 0 spiro atoms. The zero-order valence-electron chi connectivity index (χ0n) is 9.09. The van der Waals surface area contributed by atoms with E-state index in [9.17, 15) is 8.42 Å². The highest BCUT2D eigenvalue weighted by molar-refractivity contribution is 7.94. The highest BCUT2D eigenvalue weighted by Crippen LogP contribution is 2.26. The first-order chi connectivity index (χ1) is 7.23. The lowest BCUT2D eigenvalue weighted by atomic mass is 10.1. The summed E-state index contributed by atoms with van der Waals surface area (Å²) in [5.41, 5.74) is 5.63. The van der Waals surface area contributed by atoms with Crippen LogP contribution in [0.4, 0.5) is 0 Å². The van der Waals surface area contributed by atoms with E-state index >= 15 is 0 Å². The van der Waals surface area contributed by atoms with Gasteiger partial charge in [0.1, 0.15) is 11.3 Å². The minimum atomic E-state index is -3.71. The second-order valence-electron chi connectivity index (χ2n) is 3.74. The highest BCUT2D eigenvalue weighted by Gasteiger charge is 2.25. The molecular weight excluding hydrogens is 250 g/mol. The standard InChI is InChI=1S/C9H14ClN3O2S/c1-13(2)7-12-16(14,15)8-4-3-5-9(10,11)6-8/h3-4,6-7H,5,11H2,1-2H3. The zero-order valence-corrected chi connectivity index (χ0v) is 10.7. The topological polar surface area (TPSA) is 75.8 Å². The zero-order chi connectivity index (χ0) is 12.4. The second kappa shape index (κ2) is 4.57. The van der Waals surface area contributed by atoms with Crippen LogP contribution in [-0.4, -0.2) is 38.7 Å². The lowest BCUT2D eigenvalue weighted by Gasteiger charge is -2.19. The smallest absolute Gasteiger partial charge is 0.283 e. The minimum Gasteiger partial charge on any atom is -0.368 e. The third kappa shape index (κ3) is 3.62. The molecule has 7 heteroatoms. The number of alkyl halides is 1. The van der Waals surface area contributed by atoms with Gasteiger partial charge in [0, 0.05) is 20.5 Å². The predicted molar refractivity (Wildman–Crippen MR) is 65.7 cm³/mol. The first-order valence-corrected chi connectivity index (χ1v) is 6.39. The minimum absolute atomic E-state index is 0.0225. The van der Waals surface area contributed by atoms with Crippen LogP contribution in [0, 0.1) is 0 Å². The average Bonchev–Trinajstić information content (AvgIpc) is 2.13. The average molecular weight is 264 g/mol. The van der Waals surface area contributed by atoms with Crippen LogP contribution in [0.1, 0.15) is 6.42 Å². The molecule has 1 aliphatic carbocycles. The van der Waals surface area contributed by atoms with Crippen LogP contribution in [0.5, 0.6) is 0 Å². The lowest BCUT2D eigenvalue weighted by molar-refractivity contribution is 0.600. The van der Waals surface area contributed by atoms with Gasteiger partial charge in [-0.25, -0.2) is 0 Å². The fourth-order valence-corrected chi connectivity index (χ4v) is 2.41. The second-order valence-corrected chi connectivity index (χ2v) is 6.08. The number of halogens is 1. The molecule has 0 fully saturated rings.